The first-order chi connectivity index (χ1) is 14.0. The Morgan fingerprint density at radius 1 is 1.28 bits per heavy atom. The predicted octanol–water partition coefficient (Wildman–Crippen LogP) is 4.36. The summed E-state index contributed by atoms with van der Waals surface area (Å²) in [5.74, 6) is 2.58. The molecule has 1 aromatic rings. The van der Waals surface area contributed by atoms with E-state index in [2.05, 4.69) is 15.7 Å². The van der Waals surface area contributed by atoms with Crippen LogP contribution in [0.15, 0.2) is 17.1 Å². The van der Waals surface area contributed by atoms with Crippen LogP contribution in [-0.2, 0) is 11.2 Å². The van der Waals surface area contributed by atoms with Gasteiger partial charge in [-0.3, -0.25) is 14.1 Å². The van der Waals surface area contributed by atoms with Gasteiger partial charge in [-0.15, -0.1) is 0 Å². The number of piperidine rings is 1. The van der Waals surface area contributed by atoms with Crippen LogP contribution in [0.2, 0.25) is 5.02 Å². The zero-order chi connectivity index (χ0) is 20.4. The molecule has 1 aromatic carbocycles. The van der Waals surface area contributed by atoms with E-state index in [1.807, 2.05) is 24.9 Å². The van der Waals surface area contributed by atoms with Crippen molar-refractivity contribution in [3.05, 3.63) is 28.3 Å². The maximum atomic E-state index is 12.7. The van der Waals surface area contributed by atoms with Crippen molar-refractivity contribution >= 4 is 41.0 Å². The zero-order valence-corrected chi connectivity index (χ0v) is 18.7. The molecule has 5 nitrogen and oxygen atoms in total. The number of nitrogens with one attached hydrogen (secondary N) is 1. The lowest BCUT2D eigenvalue weighted by Gasteiger charge is -2.34. The predicted molar refractivity (Wildman–Crippen MR) is 122 cm³/mol. The maximum absolute atomic E-state index is 12.7. The molecule has 1 spiro atoms. The van der Waals surface area contributed by atoms with Crippen molar-refractivity contribution in [3.63, 3.8) is 0 Å². The van der Waals surface area contributed by atoms with E-state index in [0.29, 0.717) is 16.6 Å². The molecule has 0 radical (unpaired) electrons. The number of aliphatic imine (C=N–C) groups is 1. The van der Waals surface area contributed by atoms with Crippen LogP contribution in [0.1, 0.15) is 56.1 Å². The fourth-order valence-corrected chi connectivity index (χ4v) is 5.93. The molecule has 0 unspecified atom stereocenters. The van der Waals surface area contributed by atoms with Gasteiger partial charge >= 0.3 is 0 Å². The summed E-state index contributed by atoms with van der Waals surface area (Å²) >= 11 is 8.13. The van der Waals surface area contributed by atoms with Crippen LogP contribution in [0.5, 0.6) is 0 Å². The monoisotopic (exact) mass is 434 g/mol. The van der Waals surface area contributed by atoms with Crippen LogP contribution >= 0.6 is 23.5 Å². The minimum atomic E-state index is -0.509. The minimum Gasteiger partial charge on any atom is -0.398 e. The number of amides is 1. The van der Waals surface area contributed by atoms with Gasteiger partial charge < -0.3 is 11.1 Å². The van der Waals surface area contributed by atoms with Gasteiger partial charge in [-0.25, -0.2) is 0 Å². The number of nitrogens with zero attached hydrogens (tertiary/aromatic N) is 2. The summed E-state index contributed by atoms with van der Waals surface area (Å²) in [6.07, 6.45) is 8.77. The van der Waals surface area contributed by atoms with E-state index >= 15 is 0 Å². The molecule has 158 valence electrons. The van der Waals surface area contributed by atoms with Crippen molar-refractivity contribution in [2.75, 3.05) is 24.6 Å². The van der Waals surface area contributed by atoms with Gasteiger partial charge in [-0.05, 0) is 56.2 Å². The van der Waals surface area contributed by atoms with Crippen LogP contribution in [0.4, 0.5) is 5.69 Å². The molecule has 1 saturated carbocycles. The standard InChI is InChI=1S/C22H31ClN4OS/c1-15-16(7-8-18(24)19(15)23)9-14-29-27-12-10-22(11-13-27)21(28)25-20(26-22)17-5-3-2-4-6-17/h7-8,17H,2-6,9-14,24H2,1H3,(H,25,26,28). The Balaban J connectivity index is 1.29. The molecule has 0 atom stereocenters. The normalized spacial score (nSPS) is 22.7. The first-order valence-electron chi connectivity index (χ1n) is 10.8. The van der Waals surface area contributed by atoms with Crippen LogP contribution in [0.25, 0.3) is 0 Å². The van der Waals surface area contributed by atoms with Crippen molar-refractivity contribution in [1.82, 2.24) is 9.62 Å². The van der Waals surface area contributed by atoms with Gasteiger partial charge in [0.05, 0.1) is 10.7 Å². The smallest absolute Gasteiger partial charge is 0.253 e. The number of nitrogens with two attached hydrogens (primary N) is 1. The highest BCUT2D eigenvalue weighted by Crippen LogP contribution is 2.36. The molecule has 4 rings (SSSR count). The van der Waals surface area contributed by atoms with Crippen molar-refractivity contribution < 1.29 is 4.79 Å². The number of amidine groups is 1. The van der Waals surface area contributed by atoms with Crippen LogP contribution in [-0.4, -0.2) is 40.4 Å². The van der Waals surface area contributed by atoms with Gasteiger partial charge in [0.2, 0.25) is 0 Å². The highest BCUT2D eigenvalue weighted by molar-refractivity contribution is 7.97. The molecule has 1 saturated heterocycles. The lowest BCUT2D eigenvalue weighted by Crippen LogP contribution is -2.47. The molecule has 2 fully saturated rings. The lowest BCUT2D eigenvalue weighted by molar-refractivity contribution is -0.124. The summed E-state index contributed by atoms with van der Waals surface area (Å²) < 4.78 is 2.39. The first-order valence-corrected chi connectivity index (χ1v) is 12.1. The molecule has 3 aliphatic rings. The number of benzene rings is 1. The average molecular weight is 435 g/mol. The highest BCUT2D eigenvalue weighted by Gasteiger charge is 2.46. The van der Waals surface area contributed by atoms with Crippen LogP contribution in [0.3, 0.4) is 0 Å². The van der Waals surface area contributed by atoms with Gasteiger partial charge in [-0.1, -0.05) is 48.9 Å². The SMILES string of the molecule is Cc1c(CCSN2CCC3(CC2)N=C(C2CCCCC2)NC3=O)ccc(N)c1Cl. The Bertz CT molecular complexity index is 798. The van der Waals surface area contributed by atoms with E-state index < -0.39 is 5.54 Å². The second kappa shape index (κ2) is 8.86. The summed E-state index contributed by atoms with van der Waals surface area (Å²) in [5.41, 5.74) is 8.34. The van der Waals surface area contributed by atoms with Gasteiger partial charge in [-0.2, -0.15) is 0 Å². The molecule has 1 aliphatic carbocycles. The average Bonchev–Trinajstić information content (AvgIpc) is 3.06. The number of aryl methyl sites for hydroxylation is 1. The van der Waals surface area contributed by atoms with E-state index in [9.17, 15) is 4.79 Å². The van der Waals surface area contributed by atoms with Gasteiger partial charge in [0, 0.05) is 24.8 Å². The Kier molecular flexibility index (Phi) is 6.42. The fourth-order valence-electron chi connectivity index (χ4n) is 4.74. The number of hydrogen-bond donors (Lipinski definition) is 2. The third-order valence-corrected chi connectivity index (χ3v) is 8.33. The summed E-state index contributed by atoms with van der Waals surface area (Å²) in [4.78, 5) is 17.7. The Hall–Kier alpha value is -1.24. The largest absolute Gasteiger partial charge is 0.398 e. The van der Waals surface area contributed by atoms with Crippen molar-refractivity contribution in [2.24, 2.45) is 10.9 Å². The van der Waals surface area contributed by atoms with Crippen LogP contribution < -0.4 is 11.1 Å². The van der Waals surface area contributed by atoms with E-state index in [1.54, 1.807) is 0 Å². The number of anilines is 1. The minimum absolute atomic E-state index is 0.134. The first kappa shape index (κ1) is 21.0. The molecule has 0 aromatic heterocycles. The number of halogens is 1. The Morgan fingerprint density at radius 3 is 2.72 bits per heavy atom. The number of carbonyl (C=O) groups excluding carboxylic acids is 1. The number of nitrogen functional groups attached to an aromatic ring is 1. The number of rotatable bonds is 5. The summed E-state index contributed by atoms with van der Waals surface area (Å²) in [7, 11) is 0. The third kappa shape index (κ3) is 4.44. The molecule has 3 N–H and O–H groups in total. The van der Waals surface area contributed by atoms with E-state index in [1.165, 1.54) is 37.7 Å². The molecule has 2 heterocycles. The summed E-state index contributed by atoms with van der Waals surface area (Å²) in [6.45, 7) is 3.84. The zero-order valence-electron chi connectivity index (χ0n) is 17.2. The third-order valence-electron chi connectivity index (χ3n) is 6.71. The van der Waals surface area contributed by atoms with Gasteiger partial charge in [0.1, 0.15) is 11.4 Å². The van der Waals surface area contributed by atoms with E-state index in [-0.39, 0.29) is 5.91 Å². The molecule has 1 amide bonds. The molecular formula is C22H31ClN4OS. The number of hydrogen-bond acceptors (Lipinski definition) is 5. The molecule has 0 bridgehead atoms. The molecular weight excluding hydrogens is 404 g/mol. The van der Waals surface area contributed by atoms with E-state index in [4.69, 9.17) is 22.3 Å². The maximum Gasteiger partial charge on any atom is 0.253 e. The van der Waals surface area contributed by atoms with Crippen molar-refractivity contribution in [1.29, 1.82) is 0 Å². The quantitative estimate of drug-likeness (QED) is 0.533. The van der Waals surface area contributed by atoms with Crippen molar-refractivity contribution in [2.45, 2.75) is 63.8 Å². The van der Waals surface area contributed by atoms with Crippen molar-refractivity contribution in [3.8, 4) is 0 Å². The number of carbonyl (C=O) groups is 1. The summed E-state index contributed by atoms with van der Waals surface area (Å²) in [5, 5.41) is 3.82. The second-order valence-electron chi connectivity index (χ2n) is 8.58. The molecule has 7 heteroatoms. The molecule has 2 aliphatic heterocycles. The van der Waals surface area contributed by atoms with Crippen LogP contribution in [0, 0.1) is 12.8 Å². The van der Waals surface area contributed by atoms with Gasteiger partial charge in [0.25, 0.3) is 5.91 Å². The Labute approximate surface area is 183 Å². The lowest BCUT2D eigenvalue weighted by atomic mass is 9.88. The topological polar surface area (TPSA) is 70.7 Å². The Morgan fingerprint density at radius 2 is 2.00 bits per heavy atom. The second-order valence-corrected chi connectivity index (χ2v) is 10.1. The van der Waals surface area contributed by atoms with Gasteiger partial charge in [0.15, 0.2) is 0 Å². The fraction of sp³-hybridized carbons (Fsp3) is 0.636. The highest BCUT2D eigenvalue weighted by atomic mass is 35.5. The van der Waals surface area contributed by atoms with E-state index in [0.717, 1.165) is 49.5 Å². The molecule has 29 heavy (non-hydrogen) atoms. The summed E-state index contributed by atoms with van der Waals surface area (Å²) in [6, 6.07) is 3.97.